The monoisotopic (exact) mass is 391 g/mol. The van der Waals surface area contributed by atoms with Gasteiger partial charge in [0.05, 0.1) is 21.3 Å². The number of likely N-dealkylation sites (N-methyl/N-ethyl adjacent to an activating group) is 1. The third-order valence-electron chi connectivity index (χ3n) is 4.90. The van der Waals surface area contributed by atoms with Crippen molar-refractivity contribution < 1.29 is 19.0 Å². The highest BCUT2D eigenvalue weighted by Crippen LogP contribution is 2.32. The van der Waals surface area contributed by atoms with E-state index in [0.29, 0.717) is 11.3 Å². The number of methoxy groups -OCH3 is 3. The van der Waals surface area contributed by atoms with Crippen LogP contribution in [0.25, 0.3) is 0 Å². The number of hydrogen-bond acceptors (Lipinski definition) is 5. The highest BCUT2D eigenvalue weighted by atomic mass is 16.5. The summed E-state index contributed by atoms with van der Waals surface area (Å²) in [4.78, 5) is 15.5. The van der Waals surface area contributed by atoms with Gasteiger partial charge in [-0.1, -0.05) is 18.2 Å². The van der Waals surface area contributed by atoms with Gasteiger partial charge in [0.25, 0.3) is 0 Å². The van der Waals surface area contributed by atoms with Crippen LogP contribution in [0.1, 0.15) is 22.0 Å². The van der Waals surface area contributed by atoms with Gasteiger partial charge in [0.15, 0.2) is 5.78 Å². The third kappa shape index (κ3) is 4.51. The van der Waals surface area contributed by atoms with Crippen molar-refractivity contribution in [3.63, 3.8) is 0 Å². The molecular weight excluding hydrogens is 366 g/mol. The molecule has 150 valence electrons. The van der Waals surface area contributed by atoms with Crippen LogP contribution in [0.5, 0.6) is 17.2 Å². The van der Waals surface area contributed by atoms with Crippen LogP contribution in [0, 0.1) is 0 Å². The summed E-state index contributed by atoms with van der Waals surface area (Å²) in [6, 6.07) is 21.9. The van der Waals surface area contributed by atoms with E-state index in [-0.39, 0.29) is 5.78 Å². The molecule has 0 radical (unpaired) electrons. The van der Waals surface area contributed by atoms with E-state index in [0.717, 1.165) is 22.7 Å². The van der Waals surface area contributed by atoms with Gasteiger partial charge in [0.1, 0.15) is 23.3 Å². The summed E-state index contributed by atoms with van der Waals surface area (Å²) in [6.07, 6.45) is 0. The Labute approximate surface area is 171 Å². The lowest BCUT2D eigenvalue weighted by Crippen LogP contribution is -2.31. The molecule has 0 N–H and O–H groups in total. The number of ketones is 1. The van der Waals surface area contributed by atoms with Crippen molar-refractivity contribution in [3.05, 3.63) is 83.9 Å². The molecule has 0 aliphatic carbocycles. The minimum atomic E-state index is -0.513. The molecule has 0 spiro atoms. The fraction of sp³-hybridized carbons (Fsp3) is 0.208. The molecule has 0 aromatic heterocycles. The molecule has 0 bridgehead atoms. The molecule has 0 saturated carbocycles. The molecule has 0 saturated heterocycles. The maximum atomic E-state index is 13.5. The third-order valence-corrected chi connectivity index (χ3v) is 4.90. The second-order valence-corrected chi connectivity index (χ2v) is 6.58. The predicted octanol–water partition coefficient (Wildman–Crippen LogP) is 4.77. The SMILES string of the molecule is COc1ccc(C(=O)C(c2ccc(OC)cc2)N(C)c2cccc(OC)c2)cc1. The molecule has 29 heavy (non-hydrogen) atoms. The summed E-state index contributed by atoms with van der Waals surface area (Å²) < 4.78 is 15.8. The smallest absolute Gasteiger partial charge is 0.189 e. The predicted molar refractivity (Wildman–Crippen MR) is 114 cm³/mol. The van der Waals surface area contributed by atoms with Crippen molar-refractivity contribution >= 4 is 11.5 Å². The molecule has 1 unspecified atom stereocenters. The lowest BCUT2D eigenvalue weighted by atomic mass is 9.95. The lowest BCUT2D eigenvalue weighted by molar-refractivity contribution is 0.0959. The van der Waals surface area contributed by atoms with Gasteiger partial charge in [0.2, 0.25) is 0 Å². The van der Waals surface area contributed by atoms with Crippen LogP contribution in [0.15, 0.2) is 72.8 Å². The number of rotatable bonds is 8. The second-order valence-electron chi connectivity index (χ2n) is 6.58. The Morgan fingerprint density at radius 1 is 0.759 bits per heavy atom. The maximum Gasteiger partial charge on any atom is 0.189 e. The number of anilines is 1. The normalized spacial score (nSPS) is 11.4. The van der Waals surface area contributed by atoms with Crippen LogP contribution in [0.2, 0.25) is 0 Å². The molecule has 3 rings (SSSR count). The topological polar surface area (TPSA) is 48.0 Å². The molecule has 0 amide bonds. The average molecular weight is 391 g/mol. The van der Waals surface area contributed by atoms with E-state index >= 15 is 0 Å². The fourth-order valence-corrected chi connectivity index (χ4v) is 3.23. The van der Waals surface area contributed by atoms with Crippen molar-refractivity contribution in [3.8, 4) is 17.2 Å². The summed E-state index contributed by atoms with van der Waals surface area (Å²) in [5, 5.41) is 0. The molecule has 3 aromatic rings. The summed E-state index contributed by atoms with van der Waals surface area (Å²) in [5.74, 6) is 2.18. The minimum Gasteiger partial charge on any atom is -0.497 e. The zero-order valence-corrected chi connectivity index (χ0v) is 17.1. The largest absolute Gasteiger partial charge is 0.497 e. The standard InChI is InChI=1S/C24H25NO4/c1-25(19-6-5-7-22(16-19)29-4)23(17-8-12-20(27-2)13-9-17)24(26)18-10-14-21(28-3)15-11-18/h5-16,23H,1-4H3. The van der Waals surface area contributed by atoms with Crippen LogP contribution in [-0.4, -0.2) is 34.2 Å². The Morgan fingerprint density at radius 2 is 1.31 bits per heavy atom. The van der Waals surface area contributed by atoms with Crippen molar-refractivity contribution in [1.29, 1.82) is 0 Å². The van der Waals surface area contributed by atoms with Gasteiger partial charge in [-0.2, -0.15) is 0 Å². The second kappa shape index (κ2) is 9.15. The molecular formula is C24H25NO4. The number of hydrogen-bond donors (Lipinski definition) is 0. The Bertz CT molecular complexity index is 951. The van der Waals surface area contributed by atoms with Crippen LogP contribution < -0.4 is 19.1 Å². The van der Waals surface area contributed by atoms with Crippen LogP contribution in [0.4, 0.5) is 5.69 Å². The van der Waals surface area contributed by atoms with Crippen molar-refractivity contribution in [2.24, 2.45) is 0 Å². The van der Waals surface area contributed by atoms with Gasteiger partial charge in [0, 0.05) is 24.4 Å². The Kier molecular flexibility index (Phi) is 6.39. The van der Waals surface area contributed by atoms with Crippen LogP contribution in [-0.2, 0) is 0 Å². The van der Waals surface area contributed by atoms with Crippen LogP contribution >= 0.6 is 0 Å². The highest BCUT2D eigenvalue weighted by Gasteiger charge is 2.27. The van der Waals surface area contributed by atoms with Gasteiger partial charge >= 0.3 is 0 Å². The van der Waals surface area contributed by atoms with E-state index in [1.807, 2.05) is 60.5 Å². The van der Waals surface area contributed by atoms with Gasteiger partial charge in [-0.25, -0.2) is 0 Å². The van der Waals surface area contributed by atoms with E-state index < -0.39 is 6.04 Å². The van der Waals surface area contributed by atoms with E-state index in [1.165, 1.54) is 0 Å². The van der Waals surface area contributed by atoms with E-state index in [1.54, 1.807) is 45.6 Å². The summed E-state index contributed by atoms with van der Waals surface area (Å²) in [7, 11) is 6.76. The zero-order valence-electron chi connectivity index (χ0n) is 17.1. The number of carbonyl (C=O) groups excluding carboxylic acids is 1. The molecule has 1 atom stereocenters. The van der Waals surface area contributed by atoms with Gasteiger partial charge in [-0.3, -0.25) is 4.79 Å². The lowest BCUT2D eigenvalue weighted by Gasteiger charge is -2.30. The molecule has 0 fully saturated rings. The molecule has 5 heteroatoms. The molecule has 0 aliphatic rings. The van der Waals surface area contributed by atoms with Gasteiger partial charge < -0.3 is 19.1 Å². The number of carbonyl (C=O) groups is 1. The summed E-state index contributed by atoms with van der Waals surface area (Å²) in [6.45, 7) is 0. The fourth-order valence-electron chi connectivity index (χ4n) is 3.23. The van der Waals surface area contributed by atoms with Gasteiger partial charge in [-0.15, -0.1) is 0 Å². The zero-order chi connectivity index (χ0) is 20.8. The van der Waals surface area contributed by atoms with E-state index in [9.17, 15) is 4.79 Å². The van der Waals surface area contributed by atoms with E-state index in [2.05, 4.69) is 0 Å². The first-order chi connectivity index (χ1) is 14.1. The number of benzene rings is 3. The number of ether oxygens (including phenoxy) is 3. The van der Waals surface area contributed by atoms with Crippen molar-refractivity contribution in [2.45, 2.75) is 6.04 Å². The Morgan fingerprint density at radius 3 is 1.86 bits per heavy atom. The molecule has 3 aromatic carbocycles. The number of Topliss-reactive ketones (excluding diaryl/α,β-unsaturated/α-hetero) is 1. The average Bonchev–Trinajstić information content (AvgIpc) is 2.79. The molecule has 5 nitrogen and oxygen atoms in total. The first kappa shape index (κ1) is 20.3. The highest BCUT2D eigenvalue weighted by molar-refractivity contribution is 6.02. The van der Waals surface area contributed by atoms with Crippen molar-refractivity contribution in [1.82, 2.24) is 0 Å². The van der Waals surface area contributed by atoms with Crippen LogP contribution in [0.3, 0.4) is 0 Å². The Hall–Kier alpha value is -3.47. The maximum absolute atomic E-state index is 13.5. The first-order valence-corrected chi connectivity index (χ1v) is 9.26. The Balaban J connectivity index is 2.02. The van der Waals surface area contributed by atoms with E-state index in [4.69, 9.17) is 14.2 Å². The van der Waals surface area contributed by atoms with Crippen molar-refractivity contribution in [2.75, 3.05) is 33.3 Å². The molecule has 0 aliphatic heterocycles. The minimum absolute atomic E-state index is 0.0110. The molecule has 0 heterocycles. The van der Waals surface area contributed by atoms with Gasteiger partial charge in [-0.05, 0) is 54.1 Å². The summed E-state index contributed by atoms with van der Waals surface area (Å²) in [5.41, 5.74) is 2.37. The quantitative estimate of drug-likeness (QED) is 0.518. The number of nitrogens with zero attached hydrogens (tertiary/aromatic N) is 1. The summed E-state index contributed by atoms with van der Waals surface area (Å²) >= 11 is 0. The first-order valence-electron chi connectivity index (χ1n) is 9.26.